The van der Waals surface area contributed by atoms with Crippen LogP contribution < -0.4 is 10.4 Å². The Hall–Kier alpha value is -2.68. The van der Waals surface area contributed by atoms with Crippen LogP contribution in [0.1, 0.15) is 37.1 Å². The molecule has 0 aliphatic carbocycles. The Morgan fingerprint density at radius 3 is 2.79 bits per heavy atom. The molecule has 1 unspecified atom stereocenters. The highest BCUT2D eigenvalue weighted by molar-refractivity contribution is 5.34. The Kier molecular flexibility index (Phi) is 5.69. The molecule has 24 heavy (non-hydrogen) atoms. The van der Waals surface area contributed by atoms with Crippen molar-refractivity contribution < 1.29 is 9.13 Å². The monoisotopic (exact) mass is 329 g/mol. The molecule has 0 spiro atoms. The molecule has 1 aromatic carbocycles. The molecule has 0 saturated heterocycles. The van der Waals surface area contributed by atoms with Crippen molar-refractivity contribution in [2.75, 3.05) is 0 Å². The Balaban J connectivity index is 2.14. The van der Waals surface area contributed by atoms with Gasteiger partial charge in [-0.2, -0.15) is 10.2 Å². The van der Waals surface area contributed by atoms with Gasteiger partial charge >= 0.3 is 5.69 Å². The van der Waals surface area contributed by atoms with Gasteiger partial charge in [-0.05, 0) is 30.5 Å². The number of hydrogen-bond donors (Lipinski definition) is 0. The van der Waals surface area contributed by atoms with E-state index >= 15 is 0 Å². The van der Waals surface area contributed by atoms with E-state index in [1.807, 2.05) is 6.92 Å². The molecule has 126 valence electrons. The molecule has 1 aromatic heterocycles. The summed E-state index contributed by atoms with van der Waals surface area (Å²) in [4.78, 5) is 16.1. The van der Waals surface area contributed by atoms with Crippen LogP contribution >= 0.6 is 0 Å². The number of rotatable bonds is 6. The van der Waals surface area contributed by atoms with E-state index in [2.05, 4.69) is 18.8 Å². The maximum absolute atomic E-state index is 13.3. The molecular formula is C18H20FN3O2. The van der Waals surface area contributed by atoms with Crippen LogP contribution in [0.2, 0.25) is 0 Å². The van der Waals surface area contributed by atoms with E-state index in [-0.39, 0.29) is 23.7 Å². The minimum atomic E-state index is -0.567. The predicted molar refractivity (Wildman–Crippen MR) is 88.1 cm³/mol. The van der Waals surface area contributed by atoms with Crippen LogP contribution in [0.4, 0.5) is 4.39 Å². The van der Waals surface area contributed by atoms with E-state index in [4.69, 9.17) is 10.00 Å². The number of nitrogens with zero attached hydrogens (tertiary/aromatic N) is 3. The largest absolute Gasteiger partial charge is 0.473 e. The van der Waals surface area contributed by atoms with E-state index in [1.165, 1.54) is 18.2 Å². The Morgan fingerprint density at radius 1 is 1.42 bits per heavy atom. The van der Waals surface area contributed by atoms with Crippen LogP contribution in [-0.4, -0.2) is 9.55 Å². The maximum atomic E-state index is 13.3. The summed E-state index contributed by atoms with van der Waals surface area (Å²) in [6.45, 7) is 6.73. The van der Waals surface area contributed by atoms with Crippen molar-refractivity contribution in [1.29, 1.82) is 5.26 Å². The Labute approximate surface area is 140 Å². The summed E-state index contributed by atoms with van der Waals surface area (Å²) in [5, 5.41) is 8.84. The van der Waals surface area contributed by atoms with Crippen molar-refractivity contribution in [2.24, 2.45) is 5.92 Å². The van der Waals surface area contributed by atoms with Crippen LogP contribution in [0.5, 0.6) is 5.88 Å². The lowest BCUT2D eigenvalue weighted by molar-refractivity contribution is 0.289. The molecule has 0 fully saturated rings. The van der Waals surface area contributed by atoms with Gasteiger partial charge in [-0.3, -0.25) is 4.57 Å². The fraction of sp³-hybridized carbons (Fsp3) is 0.389. The number of benzene rings is 1. The van der Waals surface area contributed by atoms with E-state index in [1.54, 1.807) is 16.7 Å². The molecule has 0 saturated carbocycles. The zero-order valence-electron chi connectivity index (χ0n) is 14.0. The number of aryl methyl sites for hydroxylation is 1. The van der Waals surface area contributed by atoms with Crippen LogP contribution in [-0.2, 0) is 13.2 Å². The third kappa shape index (κ3) is 4.19. The summed E-state index contributed by atoms with van der Waals surface area (Å²) in [6.07, 6.45) is 0.982. The fourth-order valence-electron chi connectivity index (χ4n) is 2.24. The van der Waals surface area contributed by atoms with Crippen molar-refractivity contribution in [3.05, 3.63) is 57.4 Å². The van der Waals surface area contributed by atoms with Gasteiger partial charge in [0.25, 0.3) is 0 Å². The van der Waals surface area contributed by atoms with Crippen LogP contribution in [0.15, 0.2) is 29.1 Å². The van der Waals surface area contributed by atoms with Gasteiger partial charge in [0, 0.05) is 18.3 Å². The first-order valence-electron chi connectivity index (χ1n) is 7.84. The summed E-state index contributed by atoms with van der Waals surface area (Å²) < 4.78 is 20.5. The Morgan fingerprint density at radius 2 is 2.17 bits per heavy atom. The summed E-state index contributed by atoms with van der Waals surface area (Å²) in [7, 11) is 0. The number of ether oxygens (including phenoxy) is 1. The molecule has 2 rings (SSSR count). The van der Waals surface area contributed by atoms with Crippen LogP contribution in [0.25, 0.3) is 0 Å². The first-order valence-corrected chi connectivity index (χ1v) is 7.84. The molecule has 0 amide bonds. The average molecular weight is 329 g/mol. The molecule has 6 heteroatoms. The van der Waals surface area contributed by atoms with Gasteiger partial charge in [-0.15, -0.1) is 0 Å². The minimum absolute atomic E-state index is 0.0378. The molecular weight excluding hydrogens is 309 g/mol. The van der Waals surface area contributed by atoms with E-state index in [0.29, 0.717) is 18.0 Å². The first-order chi connectivity index (χ1) is 11.4. The molecule has 1 heterocycles. The van der Waals surface area contributed by atoms with Gasteiger partial charge in [0.2, 0.25) is 5.88 Å². The number of aromatic nitrogens is 2. The summed E-state index contributed by atoms with van der Waals surface area (Å²) >= 11 is 0. The fourth-order valence-corrected chi connectivity index (χ4v) is 2.24. The number of nitriles is 1. The van der Waals surface area contributed by atoms with Crippen molar-refractivity contribution in [3.8, 4) is 11.9 Å². The quantitative estimate of drug-likeness (QED) is 0.816. The molecule has 0 aliphatic heterocycles. The molecule has 0 N–H and O–H groups in total. The average Bonchev–Trinajstić information content (AvgIpc) is 2.57. The van der Waals surface area contributed by atoms with E-state index in [9.17, 15) is 9.18 Å². The van der Waals surface area contributed by atoms with E-state index < -0.39 is 5.82 Å². The molecule has 0 radical (unpaired) electrons. The van der Waals surface area contributed by atoms with Gasteiger partial charge < -0.3 is 4.74 Å². The minimum Gasteiger partial charge on any atom is -0.473 e. The highest BCUT2D eigenvalue weighted by Crippen LogP contribution is 2.14. The zero-order chi connectivity index (χ0) is 17.7. The van der Waals surface area contributed by atoms with Crippen LogP contribution in [0.3, 0.4) is 0 Å². The normalized spacial score (nSPS) is 11.8. The third-order valence-corrected chi connectivity index (χ3v) is 3.92. The molecule has 2 aromatic rings. The molecule has 0 aliphatic rings. The third-order valence-electron chi connectivity index (χ3n) is 3.92. The predicted octanol–water partition coefficient (Wildman–Crippen LogP) is 3.19. The van der Waals surface area contributed by atoms with Gasteiger partial charge in [0.05, 0.1) is 5.56 Å². The molecule has 1 atom stereocenters. The second-order valence-corrected chi connectivity index (χ2v) is 5.86. The van der Waals surface area contributed by atoms with Crippen LogP contribution in [0, 0.1) is 30.0 Å². The van der Waals surface area contributed by atoms with E-state index in [0.717, 1.165) is 12.1 Å². The summed E-state index contributed by atoms with van der Waals surface area (Å²) in [5.74, 6) is 0.0437. The lowest BCUT2D eigenvalue weighted by Crippen LogP contribution is -2.27. The van der Waals surface area contributed by atoms with Gasteiger partial charge in [-0.25, -0.2) is 9.18 Å². The summed E-state index contributed by atoms with van der Waals surface area (Å²) in [6, 6.07) is 7.67. The highest BCUT2D eigenvalue weighted by Gasteiger charge is 2.10. The number of halogens is 1. The van der Waals surface area contributed by atoms with Gasteiger partial charge in [0.1, 0.15) is 18.5 Å². The number of hydrogen-bond acceptors (Lipinski definition) is 4. The van der Waals surface area contributed by atoms with Gasteiger partial charge in [0.15, 0.2) is 0 Å². The summed E-state index contributed by atoms with van der Waals surface area (Å²) in [5.41, 5.74) is 1.03. The second-order valence-electron chi connectivity index (χ2n) is 5.86. The zero-order valence-corrected chi connectivity index (χ0v) is 14.0. The Bertz CT molecular complexity index is 824. The molecule has 0 bridgehead atoms. The topological polar surface area (TPSA) is 67.9 Å². The van der Waals surface area contributed by atoms with Crippen molar-refractivity contribution in [2.45, 2.75) is 40.3 Å². The standard InChI is InChI=1S/C18H20FN3O2/c1-4-12(2)10-22-13(3)7-17(21-18(22)23)24-11-14-5-6-16(19)15(8-14)9-20/h5-8,12H,4,10-11H2,1-3H3. The highest BCUT2D eigenvalue weighted by atomic mass is 19.1. The van der Waals surface area contributed by atoms with Crippen molar-refractivity contribution in [1.82, 2.24) is 9.55 Å². The SMILES string of the molecule is CCC(C)Cn1c(C)cc(OCc2ccc(F)c(C#N)c2)nc1=O. The molecule has 5 nitrogen and oxygen atoms in total. The van der Waals surface area contributed by atoms with Crippen molar-refractivity contribution in [3.63, 3.8) is 0 Å². The maximum Gasteiger partial charge on any atom is 0.351 e. The lowest BCUT2D eigenvalue weighted by Gasteiger charge is -2.14. The van der Waals surface area contributed by atoms with Gasteiger partial charge in [-0.1, -0.05) is 26.3 Å². The van der Waals surface area contributed by atoms with Crippen molar-refractivity contribution >= 4 is 0 Å². The second kappa shape index (κ2) is 7.73. The lowest BCUT2D eigenvalue weighted by atomic mass is 10.1. The smallest absolute Gasteiger partial charge is 0.351 e. The first kappa shape index (κ1) is 17.7.